The SMILES string of the molecule is NC(=O)Oc1ccccc1NC(=O)/C=C/c1cnn(CCOc2cc(F)cc(F)c2)c1. The lowest BCUT2D eigenvalue weighted by Gasteiger charge is -2.08. The van der Waals surface area contributed by atoms with Crippen molar-refractivity contribution in [3.05, 3.63) is 78.1 Å². The zero-order chi connectivity index (χ0) is 22.2. The van der Waals surface area contributed by atoms with Crippen LogP contribution in [0.3, 0.4) is 0 Å². The van der Waals surface area contributed by atoms with Gasteiger partial charge >= 0.3 is 6.09 Å². The van der Waals surface area contributed by atoms with E-state index in [1.807, 2.05) is 0 Å². The van der Waals surface area contributed by atoms with Gasteiger partial charge in [0.25, 0.3) is 0 Å². The summed E-state index contributed by atoms with van der Waals surface area (Å²) < 4.78 is 38.0. The third-order valence-corrected chi connectivity index (χ3v) is 3.86. The van der Waals surface area contributed by atoms with Crippen LogP contribution in [0.1, 0.15) is 5.56 Å². The van der Waals surface area contributed by atoms with Gasteiger partial charge in [-0.05, 0) is 18.2 Å². The fourth-order valence-corrected chi connectivity index (χ4v) is 2.57. The molecule has 1 heterocycles. The second-order valence-electron chi connectivity index (χ2n) is 6.23. The van der Waals surface area contributed by atoms with Crippen LogP contribution in [0.25, 0.3) is 6.08 Å². The van der Waals surface area contributed by atoms with E-state index < -0.39 is 23.6 Å². The number of amides is 2. The van der Waals surface area contributed by atoms with Gasteiger partial charge in [0.05, 0.1) is 18.4 Å². The van der Waals surface area contributed by atoms with Gasteiger partial charge < -0.3 is 20.5 Å². The Labute approximate surface area is 175 Å². The average Bonchev–Trinajstić information content (AvgIpc) is 3.15. The molecule has 2 amide bonds. The van der Waals surface area contributed by atoms with Crippen molar-refractivity contribution in [3.8, 4) is 11.5 Å². The normalized spacial score (nSPS) is 10.8. The maximum Gasteiger partial charge on any atom is 0.410 e. The number of hydrogen-bond donors (Lipinski definition) is 2. The van der Waals surface area contributed by atoms with Gasteiger partial charge in [-0.3, -0.25) is 9.48 Å². The van der Waals surface area contributed by atoms with Gasteiger partial charge in [-0.25, -0.2) is 13.6 Å². The van der Waals surface area contributed by atoms with E-state index >= 15 is 0 Å². The number of para-hydroxylation sites is 2. The number of nitrogens with zero attached hydrogens (tertiary/aromatic N) is 2. The van der Waals surface area contributed by atoms with Gasteiger partial charge in [-0.15, -0.1) is 0 Å². The van der Waals surface area contributed by atoms with E-state index in [2.05, 4.69) is 10.4 Å². The number of ether oxygens (including phenoxy) is 2. The lowest BCUT2D eigenvalue weighted by Crippen LogP contribution is -2.18. The monoisotopic (exact) mass is 428 g/mol. The summed E-state index contributed by atoms with van der Waals surface area (Å²) in [5.74, 6) is -1.68. The Bertz CT molecular complexity index is 1090. The molecular formula is C21H18F2N4O4. The molecule has 3 rings (SSSR count). The summed E-state index contributed by atoms with van der Waals surface area (Å²) in [6, 6.07) is 9.29. The molecular weight excluding hydrogens is 410 g/mol. The Morgan fingerprint density at radius 3 is 2.65 bits per heavy atom. The summed E-state index contributed by atoms with van der Waals surface area (Å²) in [7, 11) is 0. The highest BCUT2D eigenvalue weighted by Crippen LogP contribution is 2.23. The highest BCUT2D eigenvalue weighted by atomic mass is 19.1. The van der Waals surface area contributed by atoms with Crippen LogP contribution in [0, 0.1) is 11.6 Å². The van der Waals surface area contributed by atoms with Gasteiger partial charge in [-0.2, -0.15) is 5.10 Å². The lowest BCUT2D eigenvalue weighted by molar-refractivity contribution is -0.111. The molecule has 31 heavy (non-hydrogen) atoms. The molecule has 2 aromatic carbocycles. The summed E-state index contributed by atoms with van der Waals surface area (Å²) in [5.41, 5.74) is 5.94. The number of carbonyl (C=O) groups is 2. The van der Waals surface area contributed by atoms with E-state index in [1.165, 1.54) is 18.3 Å². The molecule has 8 nitrogen and oxygen atoms in total. The summed E-state index contributed by atoms with van der Waals surface area (Å²) in [4.78, 5) is 23.1. The predicted molar refractivity (Wildman–Crippen MR) is 108 cm³/mol. The second-order valence-corrected chi connectivity index (χ2v) is 6.23. The zero-order valence-corrected chi connectivity index (χ0v) is 16.1. The molecule has 0 spiro atoms. The van der Waals surface area contributed by atoms with E-state index in [9.17, 15) is 18.4 Å². The highest BCUT2D eigenvalue weighted by molar-refractivity contribution is 6.02. The summed E-state index contributed by atoms with van der Waals surface area (Å²) in [6.07, 6.45) is 5.04. The van der Waals surface area contributed by atoms with E-state index in [0.717, 1.165) is 18.2 Å². The maximum absolute atomic E-state index is 13.1. The van der Waals surface area contributed by atoms with Gasteiger partial charge in [0, 0.05) is 36.0 Å². The second kappa shape index (κ2) is 10.0. The number of nitrogens with two attached hydrogens (primary N) is 1. The Kier molecular flexibility index (Phi) is 6.94. The van der Waals surface area contributed by atoms with Crippen LogP contribution >= 0.6 is 0 Å². The number of aromatic nitrogens is 2. The van der Waals surface area contributed by atoms with E-state index in [0.29, 0.717) is 12.1 Å². The molecule has 0 bridgehead atoms. The zero-order valence-electron chi connectivity index (χ0n) is 16.1. The Hall–Kier alpha value is -4.21. The smallest absolute Gasteiger partial charge is 0.410 e. The van der Waals surface area contributed by atoms with Gasteiger partial charge in [0.1, 0.15) is 24.0 Å². The fourth-order valence-electron chi connectivity index (χ4n) is 2.57. The molecule has 0 fully saturated rings. The van der Waals surface area contributed by atoms with Crippen LogP contribution < -0.4 is 20.5 Å². The number of benzene rings is 2. The van der Waals surface area contributed by atoms with Crippen molar-refractivity contribution in [1.29, 1.82) is 0 Å². The van der Waals surface area contributed by atoms with Crippen LogP contribution in [-0.2, 0) is 11.3 Å². The number of carbonyl (C=O) groups excluding carboxylic acids is 2. The van der Waals surface area contributed by atoms with Gasteiger partial charge in [-0.1, -0.05) is 12.1 Å². The van der Waals surface area contributed by atoms with Crippen LogP contribution in [0.2, 0.25) is 0 Å². The van der Waals surface area contributed by atoms with Crippen molar-refractivity contribution >= 4 is 23.8 Å². The molecule has 0 aliphatic heterocycles. The Balaban J connectivity index is 1.52. The summed E-state index contributed by atoms with van der Waals surface area (Å²) >= 11 is 0. The van der Waals surface area contributed by atoms with Gasteiger partial charge in [0.15, 0.2) is 5.75 Å². The van der Waals surface area contributed by atoms with Crippen molar-refractivity contribution in [2.45, 2.75) is 6.54 Å². The first-order valence-electron chi connectivity index (χ1n) is 9.06. The highest BCUT2D eigenvalue weighted by Gasteiger charge is 2.08. The lowest BCUT2D eigenvalue weighted by atomic mass is 10.2. The Morgan fingerprint density at radius 2 is 1.90 bits per heavy atom. The minimum absolute atomic E-state index is 0.0852. The van der Waals surface area contributed by atoms with Crippen LogP contribution in [-0.4, -0.2) is 28.4 Å². The van der Waals surface area contributed by atoms with Crippen molar-refractivity contribution in [3.63, 3.8) is 0 Å². The standard InChI is InChI=1S/C21H18F2N4O4/c22-15-9-16(23)11-17(10-15)30-8-7-27-13-14(12-25-27)5-6-20(28)26-18-3-1-2-4-19(18)31-21(24)29/h1-6,9-13H,7-8H2,(H2,24,29)(H,26,28)/b6-5+. The molecule has 0 unspecified atom stereocenters. The quantitative estimate of drug-likeness (QED) is 0.535. The molecule has 3 N–H and O–H groups in total. The third-order valence-electron chi connectivity index (χ3n) is 3.86. The summed E-state index contributed by atoms with van der Waals surface area (Å²) in [6.45, 7) is 0.473. The van der Waals surface area contributed by atoms with E-state index in [1.54, 1.807) is 35.2 Å². The molecule has 0 aliphatic carbocycles. The first-order chi connectivity index (χ1) is 14.9. The van der Waals surface area contributed by atoms with Crippen molar-refractivity contribution in [2.75, 3.05) is 11.9 Å². The first kappa shape index (κ1) is 21.5. The molecule has 0 radical (unpaired) electrons. The van der Waals surface area contributed by atoms with E-state index in [-0.39, 0.29) is 23.8 Å². The number of halogens is 2. The number of primary amides is 1. The molecule has 10 heteroatoms. The number of anilines is 1. The van der Waals surface area contributed by atoms with Crippen LogP contribution in [0.4, 0.5) is 19.3 Å². The molecule has 0 saturated heterocycles. The fraction of sp³-hybridized carbons (Fsp3) is 0.0952. The molecule has 160 valence electrons. The predicted octanol–water partition coefficient (Wildman–Crippen LogP) is 3.35. The average molecular weight is 428 g/mol. The van der Waals surface area contributed by atoms with Crippen LogP contribution in [0.5, 0.6) is 11.5 Å². The van der Waals surface area contributed by atoms with Crippen molar-refractivity contribution in [1.82, 2.24) is 9.78 Å². The maximum atomic E-state index is 13.1. The van der Waals surface area contributed by atoms with Gasteiger partial charge in [0.2, 0.25) is 5.91 Å². The number of nitrogens with one attached hydrogen (secondary N) is 1. The molecule has 0 saturated carbocycles. The van der Waals surface area contributed by atoms with Crippen molar-refractivity contribution in [2.24, 2.45) is 5.73 Å². The van der Waals surface area contributed by atoms with Crippen LogP contribution in [0.15, 0.2) is 60.9 Å². The van der Waals surface area contributed by atoms with Crippen molar-refractivity contribution < 1.29 is 27.8 Å². The minimum atomic E-state index is -0.990. The third kappa shape index (κ3) is 6.67. The molecule has 0 aliphatic rings. The Morgan fingerprint density at radius 1 is 1.16 bits per heavy atom. The minimum Gasteiger partial charge on any atom is -0.491 e. The molecule has 1 aromatic heterocycles. The number of rotatable bonds is 8. The molecule has 0 atom stereocenters. The molecule has 3 aromatic rings. The van der Waals surface area contributed by atoms with E-state index in [4.69, 9.17) is 15.2 Å². The topological polar surface area (TPSA) is 108 Å². The summed E-state index contributed by atoms with van der Waals surface area (Å²) in [5, 5.41) is 6.71. The largest absolute Gasteiger partial charge is 0.491 e. The number of hydrogen-bond acceptors (Lipinski definition) is 5. The first-order valence-corrected chi connectivity index (χ1v) is 9.06.